The predicted octanol–water partition coefficient (Wildman–Crippen LogP) is -0.552. The number of nitrogens with one attached hydrogen (secondary N) is 2. The van der Waals surface area contributed by atoms with Crippen molar-refractivity contribution in [1.29, 1.82) is 5.26 Å². The Morgan fingerprint density at radius 2 is 2.00 bits per heavy atom. The highest BCUT2D eigenvalue weighted by Crippen LogP contribution is 2.08. The smallest absolute Gasteiger partial charge is 0.237 e. The van der Waals surface area contributed by atoms with E-state index < -0.39 is 21.8 Å². The summed E-state index contributed by atoms with van der Waals surface area (Å²) in [5, 5.41) is 11.2. The minimum atomic E-state index is -3.32. The molecule has 0 saturated heterocycles. The van der Waals surface area contributed by atoms with Crippen molar-refractivity contribution in [2.75, 3.05) is 19.3 Å². The van der Waals surface area contributed by atoms with Gasteiger partial charge in [-0.3, -0.25) is 4.79 Å². The first-order chi connectivity index (χ1) is 7.34. The quantitative estimate of drug-likeness (QED) is 0.657. The molecule has 16 heavy (non-hydrogen) atoms. The molecule has 1 amide bonds. The van der Waals surface area contributed by atoms with Crippen LogP contribution >= 0.6 is 0 Å². The van der Waals surface area contributed by atoms with E-state index in [1.807, 2.05) is 6.07 Å². The minimum Gasteiger partial charge on any atom is -0.354 e. The zero-order chi connectivity index (χ0) is 12.8. The first-order valence-corrected chi connectivity index (χ1v) is 6.58. The molecule has 92 valence electrons. The predicted molar refractivity (Wildman–Crippen MR) is 59.8 cm³/mol. The van der Waals surface area contributed by atoms with E-state index in [0.717, 1.165) is 0 Å². The molecule has 0 saturated carbocycles. The Morgan fingerprint density at radius 3 is 2.38 bits per heavy atom. The van der Waals surface area contributed by atoms with E-state index in [-0.39, 0.29) is 18.2 Å². The van der Waals surface area contributed by atoms with Gasteiger partial charge in [0.05, 0.1) is 11.8 Å². The summed E-state index contributed by atoms with van der Waals surface area (Å²) in [4.78, 5) is 11.4. The fraction of sp³-hybridized carbons (Fsp3) is 0.778. The highest BCUT2D eigenvalue weighted by atomic mass is 32.2. The van der Waals surface area contributed by atoms with Gasteiger partial charge in [0.15, 0.2) is 0 Å². The third-order valence-corrected chi connectivity index (χ3v) is 3.43. The van der Waals surface area contributed by atoms with E-state index >= 15 is 0 Å². The van der Waals surface area contributed by atoms with Crippen molar-refractivity contribution in [2.24, 2.45) is 11.8 Å². The first-order valence-electron chi connectivity index (χ1n) is 4.92. The fourth-order valence-corrected chi connectivity index (χ4v) is 1.61. The van der Waals surface area contributed by atoms with E-state index in [9.17, 15) is 13.2 Å². The molecular weight excluding hydrogens is 230 g/mol. The molecular formula is C9H17N3O3S. The van der Waals surface area contributed by atoms with E-state index in [4.69, 9.17) is 5.26 Å². The molecule has 0 aromatic heterocycles. The van der Waals surface area contributed by atoms with Gasteiger partial charge in [0.1, 0.15) is 5.92 Å². The number of hydrogen-bond donors (Lipinski definition) is 2. The molecule has 0 aromatic rings. The lowest BCUT2D eigenvalue weighted by molar-refractivity contribution is -0.124. The molecule has 0 aliphatic heterocycles. The Kier molecular flexibility index (Phi) is 6.00. The second-order valence-corrected chi connectivity index (χ2v) is 5.71. The molecule has 0 radical (unpaired) electrons. The van der Waals surface area contributed by atoms with Crippen molar-refractivity contribution in [1.82, 2.24) is 10.0 Å². The van der Waals surface area contributed by atoms with Crippen molar-refractivity contribution in [3.63, 3.8) is 0 Å². The standard InChI is InChI=1S/C9H17N3O3S/c1-7(2)8(6-10)9(13)12-4-5-16(14,15)11-3/h7-8,11H,4-5H2,1-3H3,(H,12,13). The monoisotopic (exact) mass is 247 g/mol. The normalized spacial score (nSPS) is 13.2. The van der Waals surface area contributed by atoms with Crippen LogP contribution in [0.5, 0.6) is 0 Å². The topological polar surface area (TPSA) is 99.1 Å². The average molecular weight is 247 g/mol. The third kappa shape index (κ3) is 5.09. The summed E-state index contributed by atoms with van der Waals surface area (Å²) in [6.07, 6.45) is 0. The number of carbonyl (C=O) groups excluding carboxylic acids is 1. The summed E-state index contributed by atoms with van der Waals surface area (Å²) in [5.41, 5.74) is 0. The van der Waals surface area contributed by atoms with E-state index in [2.05, 4.69) is 10.0 Å². The van der Waals surface area contributed by atoms with Crippen LogP contribution in [-0.4, -0.2) is 33.7 Å². The summed E-state index contributed by atoms with van der Waals surface area (Å²) in [7, 11) is -2.01. The molecule has 0 rings (SSSR count). The van der Waals surface area contributed by atoms with Crippen LogP contribution in [0.4, 0.5) is 0 Å². The summed E-state index contributed by atoms with van der Waals surface area (Å²) in [6, 6.07) is 1.89. The molecule has 0 aromatic carbocycles. The Labute approximate surface area is 96.1 Å². The Bertz CT molecular complexity index is 370. The van der Waals surface area contributed by atoms with Gasteiger partial charge in [-0.25, -0.2) is 13.1 Å². The number of rotatable bonds is 6. The van der Waals surface area contributed by atoms with Crippen LogP contribution < -0.4 is 10.0 Å². The molecule has 6 nitrogen and oxygen atoms in total. The maximum Gasteiger partial charge on any atom is 0.237 e. The van der Waals surface area contributed by atoms with Crippen LogP contribution in [-0.2, 0) is 14.8 Å². The molecule has 0 heterocycles. The maximum atomic E-state index is 11.4. The van der Waals surface area contributed by atoms with Crippen LogP contribution in [0.25, 0.3) is 0 Å². The zero-order valence-corrected chi connectivity index (χ0v) is 10.5. The molecule has 0 aliphatic carbocycles. The number of nitrogens with zero attached hydrogens (tertiary/aromatic N) is 1. The SMILES string of the molecule is CNS(=O)(=O)CCNC(=O)C(C#N)C(C)C. The number of hydrogen-bond acceptors (Lipinski definition) is 4. The van der Waals surface area contributed by atoms with Gasteiger partial charge in [-0.2, -0.15) is 5.26 Å². The third-order valence-electron chi connectivity index (χ3n) is 2.07. The highest BCUT2D eigenvalue weighted by molar-refractivity contribution is 7.89. The van der Waals surface area contributed by atoms with Crippen LogP contribution in [0, 0.1) is 23.2 Å². The Morgan fingerprint density at radius 1 is 1.44 bits per heavy atom. The van der Waals surface area contributed by atoms with Crippen LogP contribution in [0.3, 0.4) is 0 Å². The molecule has 1 unspecified atom stereocenters. The molecule has 7 heteroatoms. The minimum absolute atomic E-state index is 0.00685. The molecule has 0 spiro atoms. The first kappa shape index (κ1) is 14.9. The summed E-state index contributed by atoms with van der Waals surface area (Å²) in [6.45, 7) is 3.53. The van der Waals surface area contributed by atoms with Gasteiger partial charge in [0, 0.05) is 6.54 Å². The summed E-state index contributed by atoms with van der Waals surface area (Å²) >= 11 is 0. The van der Waals surface area contributed by atoms with E-state index in [0.29, 0.717) is 0 Å². The highest BCUT2D eigenvalue weighted by Gasteiger charge is 2.21. The molecule has 1 atom stereocenters. The van der Waals surface area contributed by atoms with Gasteiger partial charge in [-0.1, -0.05) is 13.8 Å². The van der Waals surface area contributed by atoms with Crippen LogP contribution in [0.15, 0.2) is 0 Å². The van der Waals surface area contributed by atoms with Crippen molar-refractivity contribution < 1.29 is 13.2 Å². The maximum absolute atomic E-state index is 11.4. The van der Waals surface area contributed by atoms with Gasteiger partial charge in [-0.15, -0.1) is 0 Å². The van der Waals surface area contributed by atoms with Crippen LogP contribution in [0.2, 0.25) is 0 Å². The lowest BCUT2D eigenvalue weighted by atomic mass is 9.97. The fourth-order valence-electron chi connectivity index (χ4n) is 1.03. The second kappa shape index (κ2) is 6.45. The summed E-state index contributed by atoms with van der Waals surface area (Å²) < 4.78 is 24.2. The van der Waals surface area contributed by atoms with Crippen LogP contribution in [0.1, 0.15) is 13.8 Å². The van der Waals surface area contributed by atoms with Crippen molar-refractivity contribution in [3.8, 4) is 6.07 Å². The second-order valence-electron chi connectivity index (χ2n) is 3.66. The average Bonchev–Trinajstić information content (AvgIpc) is 2.18. The van der Waals surface area contributed by atoms with Gasteiger partial charge < -0.3 is 5.32 Å². The van der Waals surface area contributed by atoms with Gasteiger partial charge in [0.25, 0.3) is 0 Å². The number of carbonyl (C=O) groups is 1. The Balaban J connectivity index is 4.14. The van der Waals surface area contributed by atoms with E-state index in [1.165, 1.54) is 7.05 Å². The zero-order valence-electron chi connectivity index (χ0n) is 9.65. The molecule has 0 fully saturated rings. The van der Waals surface area contributed by atoms with Gasteiger partial charge in [0.2, 0.25) is 15.9 Å². The lowest BCUT2D eigenvalue weighted by Crippen LogP contribution is -2.37. The number of amides is 1. The van der Waals surface area contributed by atoms with Gasteiger partial charge in [-0.05, 0) is 13.0 Å². The van der Waals surface area contributed by atoms with Crippen molar-refractivity contribution in [3.05, 3.63) is 0 Å². The summed E-state index contributed by atoms with van der Waals surface area (Å²) in [5.74, 6) is -1.45. The molecule has 0 bridgehead atoms. The molecule has 0 aliphatic rings. The van der Waals surface area contributed by atoms with Crippen molar-refractivity contribution in [2.45, 2.75) is 13.8 Å². The van der Waals surface area contributed by atoms with E-state index in [1.54, 1.807) is 13.8 Å². The van der Waals surface area contributed by atoms with Gasteiger partial charge >= 0.3 is 0 Å². The van der Waals surface area contributed by atoms with Crippen molar-refractivity contribution >= 4 is 15.9 Å². The molecule has 2 N–H and O–H groups in total. The lowest BCUT2D eigenvalue weighted by Gasteiger charge is -2.12. The Hall–Kier alpha value is -1.13. The number of nitriles is 1. The largest absolute Gasteiger partial charge is 0.354 e. The number of sulfonamides is 1.